The summed E-state index contributed by atoms with van der Waals surface area (Å²) in [5.41, 5.74) is 2.54. The highest BCUT2D eigenvalue weighted by atomic mass is 19.1. The SMILES string of the molecule is Cc1c([C@H](C)NC(=O)[C@H]2C[C@@H](O)CN2)cnn1-c1ccc(F)cc1. The molecule has 0 bridgehead atoms. The zero-order chi connectivity index (χ0) is 17.3. The second-order valence-corrected chi connectivity index (χ2v) is 6.15. The quantitative estimate of drug-likeness (QED) is 0.787. The Balaban J connectivity index is 1.73. The average molecular weight is 332 g/mol. The maximum Gasteiger partial charge on any atom is 0.237 e. The van der Waals surface area contributed by atoms with Gasteiger partial charge in [0.2, 0.25) is 5.91 Å². The molecule has 1 aromatic carbocycles. The highest BCUT2D eigenvalue weighted by molar-refractivity contribution is 5.82. The average Bonchev–Trinajstić information content (AvgIpc) is 3.14. The van der Waals surface area contributed by atoms with Gasteiger partial charge >= 0.3 is 0 Å². The van der Waals surface area contributed by atoms with Gasteiger partial charge in [-0.15, -0.1) is 0 Å². The van der Waals surface area contributed by atoms with Gasteiger partial charge in [-0.05, 0) is 44.5 Å². The smallest absolute Gasteiger partial charge is 0.237 e. The molecule has 1 aliphatic heterocycles. The minimum Gasteiger partial charge on any atom is -0.392 e. The molecule has 1 fully saturated rings. The number of benzene rings is 1. The summed E-state index contributed by atoms with van der Waals surface area (Å²) in [6.45, 7) is 4.24. The number of aliphatic hydroxyl groups is 1. The van der Waals surface area contributed by atoms with E-state index in [-0.39, 0.29) is 23.8 Å². The van der Waals surface area contributed by atoms with E-state index in [1.807, 2.05) is 13.8 Å². The fourth-order valence-corrected chi connectivity index (χ4v) is 3.00. The number of amides is 1. The summed E-state index contributed by atoms with van der Waals surface area (Å²) in [7, 11) is 0. The summed E-state index contributed by atoms with van der Waals surface area (Å²) in [5.74, 6) is -0.427. The van der Waals surface area contributed by atoms with Gasteiger partial charge < -0.3 is 15.7 Å². The van der Waals surface area contributed by atoms with Gasteiger partial charge in [-0.1, -0.05) is 0 Å². The normalized spacial score (nSPS) is 21.7. The standard InChI is InChI=1S/C17H21FN4O2/c1-10(21-17(24)16-7-14(23)8-19-16)15-9-20-22(11(15)2)13-5-3-12(18)4-6-13/h3-6,9-10,14,16,19,23H,7-8H2,1-2H3,(H,21,24)/t10-,14+,16+/m0/s1. The lowest BCUT2D eigenvalue weighted by atomic mass is 10.1. The van der Waals surface area contributed by atoms with Gasteiger partial charge in [0, 0.05) is 17.8 Å². The summed E-state index contributed by atoms with van der Waals surface area (Å²) in [6, 6.07) is 5.51. The van der Waals surface area contributed by atoms with Crippen LogP contribution in [0.15, 0.2) is 30.5 Å². The van der Waals surface area contributed by atoms with E-state index in [9.17, 15) is 14.3 Å². The number of β-amino-alcohol motifs (C(OH)–C–C–N with tert-alkyl or cyclic N) is 1. The van der Waals surface area contributed by atoms with Crippen LogP contribution < -0.4 is 10.6 Å². The van der Waals surface area contributed by atoms with Gasteiger partial charge in [0.25, 0.3) is 0 Å². The van der Waals surface area contributed by atoms with Crippen molar-refractivity contribution >= 4 is 5.91 Å². The predicted octanol–water partition coefficient (Wildman–Crippen LogP) is 1.22. The molecule has 1 aromatic heterocycles. The Kier molecular flexibility index (Phi) is 4.64. The number of hydrogen-bond donors (Lipinski definition) is 3. The van der Waals surface area contributed by atoms with Crippen LogP contribution in [-0.4, -0.2) is 39.5 Å². The lowest BCUT2D eigenvalue weighted by molar-refractivity contribution is -0.123. The molecule has 1 aliphatic rings. The summed E-state index contributed by atoms with van der Waals surface area (Å²) < 4.78 is 14.8. The van der Waals surface area contributed by atoms with E-state index in [0.29, 0.717) is 13.0 Å². The van der Waals surface area contributed by atoms with E-state index in [0.717, 1.165) is 16.9 Å². The van der Waals surface area contributed by atoms with Crippen LogP contribution in [0.25, 0.3) is 5.69 Å². The number of hydrogen-bond acceptors (Lipinski definition) is 4. The molecule has 0 spiro atoms. The number of rotatable bonds is 4. The number of aromatic nitrogens is 2. The maximum atomic E-state index is 13.1. The van der Waals surface area contributed by atoms with Crippen molar-refractivity contribution in [1.29, 1.82) is 0 Å². The van der Waals surface area contributed by atoms with E-state index in [2.05, 4.69) is 15.7 Å². The first-order valence-corrected chi connectivity index (χ1v) is 7.98. The lowest BCUT2D eigenvalue weighted by Crippen LogP contribution is -2.41. The van der Waals surface area contributed by atoms with Gasteiger partial charge in [-0.3, -0.25) is 4.79 Å². The second-order valence-electron chi connectivity index (χ2n) is 6.15. The first-order chi connectivity index (χ1) is 11.5. The monoisotopic (exact) mass is 332 g/mol. The van der Waals surface area contributed by atoms with Crippen LogP contribution in [0.3, 0.4) is 0 Å². The zero-order valence-corrected chi connectivity index (χ0v) is 13.7. The third-order valence-electron chi connectivity index (χ3n) is 4.37. The van der Waals surface area contributed by atoms with Crippen molar-refractivity contribution in [2.45, 2.75) is 38.5 Å². The van der Waals surface area contributed by atoms with Gasteiger partial charge in [-0.25, -0.2) is 9.07 Å². The molecule has 6 nitrogen and oxygen atoms in total. The Hall–Kier alpha value is -2.25. The molecule has 128 valence electrons. The van der Waals surface area contributed by atoms with Crippen molar-refractivity contribution in [3.05, 3.63) is 47.5 Å². The molecule has 1 saturated heterocycles. The van der Waals surface area contributed by atoms with Crippen molar-refractivity contribution in [3.63, 3.8) is 0 Å². The number of halogens is 1. The van der Waals surface area contributed by atoms with Gasteiger partial charge in [0.1, 0.15) is 5.82 Å². The first kappa shape index (κ1) is 16.6. The molecular weight excluding hydrogens is 311 g/mol. The zero-order valence-electron chi connectivity index (χ0n) is 13.7. The molecule has 7 heteroatoms. The molecular formula is C17H21FN4O2. The highest BCUT2D eigenvalue weighted by Crippen LogP contribution is 2.21. The van der Waals surface area contributed by atoms with E-state index in [1.165, 1.54) is 12.1 Å². The van der Waals surface area contributed by atoms with Crippen molar-refractivity contribution in [1.82, 2.24) is 20.4 Å². The summed E-state index contributed by atoms with van der Waals surface area (Å²) in [4.78, 5) is 12.2. The highest BCUT2D eigenvalue weighted by Gasteiger charge is 2.29. The Morgan fingerprint density at radius 1 is 1.46 bits per heavy atom. The van der Waals surface area contributed by atoms with Crippen LogP contribution in [0, 0.1) is 12.7 Å². The van der Waals surface area contributed by atoms with Gasteiger partial charge in [0.15, 0.2) is 0 Å². The van der Waals surface area contributed by atoms with Crippen LogP contribution in [0.4, 0.5) is 4.39 Å². The molecule has 0 radical (unpaired) electrons. The van der Waals surface area contributed by atoms with E-state index in [4.69, 9.17) is 0 Å². The fourth-order valence-electron chi connectivity index (χ4n) is 3.00. The molecule has 3 atom stereocenters. The third-order valence-corrected chi connectivity index (χ3v) is 4.37. The molecule has 1 amide bonds. The minimum absolute atomic E-state index is 0.131. The Labute approximate surface area is 139 Å². The molecule has 2 aromatic rings. The summed E-state index contributed by atoms with van der Waals surface area (Å²) >= 11 is 0. The molecule has 0 aliphatic carbocycles. The van der Waals surface area contributed by atoms with E-state index in [1.54, 1.807) is 23.0 Å². The maximum absolute atomic E-state index is 13.1. The van der Waals surface area contributed by atoms with Gasteiger partial charge in [0.05, 0.1) is 30.1 Å². The number of nitrogens with one attached hydrogen (secondary N) is 2. The van der Waals surface area contributed by atoms with Crippen LogP contribution in [-0.2, 0) is 4.79 Å². The largest absolute Gasteiger partial charge is 0.392 e. The van der Waals surface area contributed by atoms with Crippen LogP contribution in [0.5, 0.6) is 0 Å². The number of carbonyl (C=O) groups excluding carboxylic acids is 1. The molecule has 3 N–H and O–H groups in total. The van der Waals surface area contributed by atoms with Crippen molar-refractivity contribution in [2.75, 3.05) is 6.54 Å². The van der Waals surface area contributed by atoms with Crippen molar-refractivity contribution < 1.29 is 14.3 Å². The molecule has 0 saturated carbocycles. The molecule has 24 heavy (non-hydrogen) atoms. The van der Waals surface area contributed by atoms with Crippen LogP contribution in [0.2, 0.25) is 0 Å². The van der Waals surface area contributed by atoms with Crippen molar-refractivity contribution in [3.8, 4) is 5.69 Å². The molecule has 3 rings (SSSR count). The Morgan fingerprint density at radius 2 is 2.17 bits per heavy atom. The van der Waals surface area contributed by atoms with E-state index < -0.39 is 6.10 Å². The minimum atomic E-state index is -0.473. The molecule has 0 unspecified atom stereocenters. The third kappa shape index (κ3) is 3.32. The fraction of sp³-hybridized carbons (Fsp3) is 0.412. The predicted molar refractivity (Wildman–Crippen MR) is 87.2 cm³/mol. The van der Waals surface area contributed by atoms with E-state index >= 15 is 0 Å². The topological polar surface area (TPSA) is 79.2 Å². The molecule has 2 heterocycles. The summed E-state index contributed by atoms with van der Waals surface area (Å²) in [5, 5.41) is 19.8. The Bertz CT molecular complexity index is 729. The number of aliphatic hydroxyl groups excluding tert-OH is 1. The van der Waals surface area contributed by atoms with Crippen LogP contribution in [0.1, 0.15) is 30.6 Å². The van der Waals surface area contributed by atoms with Crippen LogP contribution >= 0.6 is 0 Å². The first-order valence-electron chi connectivity index (χ1n) is 7.98. The van der Waals surface area contributed by atoms with Crippen molar-refractivity contribution in [2.24, 2.45) is 0 Å². The number of nitrogens with zero attached hydrogens (tertiary/aromatic N) is 2. The Morgan fingerprint density at radius 3 is 2.79 bits per heavy atom. The second kappa shape index (κ2) is 6.70. The summed E-state index contributed by atoms with van der Waals surface area (Å²) in [6.07, 6.45) is 1.66. The van der Waals surface area contributed by atoms with Gasteiger partial charge in [-0.2, -0.15) is 5.10 Å². The number of carbonyl (C=O) groups is 1. The lowest BCUT2D eigenvalue weighted by Gasteiger charge is -2.17.